The van der Waals surface area contributed by atoms with E-state index < -0.39 is 0 Å². The van der Waals surface area contributed by atoms with Gasteiger partial charge in [0.1, 0.15) is 6.54 Å². The zero-order valence-corrected chi connectivity index (χ0v) is 20.1. The Balaban J connectivity index is 0. The van der Waals surface area contributed by atoms with Crippen molar-refractivity contribution in [3.63, 3.8) is 0 Å². The van der Waals surface area contributed by atoms with Crippen LogP contribution in [0.1, 0.15) is 104 Å². The number of rotatable bonds is 19. The van der Waals surface area contributed by atoms with Gasteiger partial charge < -0.3 is 15.4 Å². The molecule has 0 aliphatic rings. The Hall–Kier alpha value is -0.810. The molecule has 1 amide bonds. The van der Waals surface area contributed by atoms with Gasteiger partial charge in [0.2, 0.25) is 5.91 Å². The molecule has 0 bridgehead atoms. The van der Waals surface area contributed by atoms with E-state index in [1.165, 1.54) is 51.4 Å². The highest BCUT2D eigenvalue weighted by Crippen LogP contribution is 2.21. The first-order valence-corrected chi connectivity index (χ1v) is 11.7. The Labute approximate surface area is 185 Å². The van der Waals surface area contributed by atoms with E-state index in [0.29, 0.717) is 13.2 Å². The van der Waals surface area contributed by atoms with E-state index in [1.807, 2.05) is 0 Å². The molecule has 5 nitrogen and oxygen atoms in total. The summed E-state index contributed by atoms with van der Waals surface area (Å²) in [6.45, 7) is 5.46. The maximum atomic E-state index is 12.9. The van der Waals surface area contributed by atoms with E-state index in [1.54, 1.807) is 11.9 Å². The maximum Gasteiger partial charge on any atom is 0.325 e. The van der Waals surface area contributed by atoms with Crippen LogP contribution in [0.4, 0.5) is 0 Å². The lowest BCUT2D eigenvalue weighted by atomic mass is 9.93. The summed E-state index contributed by atoms with van der Waals surface area (Å²) in [6, 6.07) is 0. The van der Waals surface area contributed by atoms with E-state index in [2.05, 4.69) is 13.8 Å². The van der Waals surface area contributed by atoms with Gasteiger partial charge in [-0.25, -0.2) is 0 Å². The molecule has 174 valence electrons. The molecule has 0 aromatic heterocycles. The Morgan fingerprint density at radius 1 is 0.828 bits per heavy atom. The summed E-state index contributed by atoms with van der Waals surface area (Å²) in [7, 11) is 1.73. The third kappa shape index (κ3) is 17.7. The van der Waals surface area contributed by atoms with Crippen LogP contribution in [-0.4, -0.2) is 43.5 Å². The van der Waals surface area contributed by atoms with Gasteiger partial charge >= 0.3 is 5.97 Å². The molecular weight excluding hydrogens is 388 g/mol. The van der Waals surface area contributed by atoms with Gasteiger partial charge in [-0.05, 0) is 32.2 Å². The van der Waals surface area contributed by atoms with Crippen molar-refractivity contribution in [3.8, 4) is 0 Å². The van der Waals surface area contributed by atoms with Gasteiger partial charge in [-0.1, -0.05) is 78.1 Å². The van der Waals surface area contributed by atoms with Crippen LogP contribution in [0.2, 0.25) is 0 Å². The molecule has 0 aliphatic heterocycles. The summed E-state index contributed by atoms with van der Waals surface area (Å²) in [5, 5.41) is 0. The van der Waals surface area contributed by atoms with Crippen LogP contribution in [0.3, 0.4) is 0 Å². The van der Waals surface area contributed by atoms with Crippen LogP contribution in [-0.2, 0) is 14.3 Å². The van der Waals surface area contributed by atoms with Crippen LogP contribution < -0.4 is 5.73 Å². The number of nitrogens with zero attached hydrogens (tertiary/aromatic N) is 1. The van der Waals surface area contributed by atoms with Gasteiger partial charge in [0.25, 0.3) is 0 Å². The normalized spacial score (nSPS) is 11.6. The van der Waals surface area contributed by atoms with Crippen molar-refractivity contribution in [2.45, 2.75) is 104 Å². The number of nitrogens with two attached hydrogens (primary N) is 1. The highest BCUT2D eigenvalue weighted by atomic mass is 35.5. The first kappa shape index (κ1) is 30.4. The molecule has 1 atom stereocenters. The van der Waals surface area contributed by atoms with Gasteiger partial charge in [-0.15, -0.1) is 12.4 Å². The van der Waals surface area contributed by atoms with Gasteiger partial charge in [0.15, 0.2) is 0 Å². The van der Waals surface area contributed by atoms with E-state index in [-0.39, 0.29) is 36.7 Å². The number of carbonyl (C=O) groups excluding carboxylic acids is 2. The number of likely N-dealkylation sites (N-methyl/N-ethyl adjacent to an activating group) is 1. The van der Waals surface area contributed by atoms with Crippen molar-refractivity contribution in [3.05, 3.63) is 0 Å². The molecule has 0 spiro atoms. The zero-order valence-electron chi connectivity index (χ0n) is 19.3. The molecular formula is C23H47ClN2O3. The highest BCUT2D eigenvalue weighted by Gasteiger charge is 2.23. The molecule has 2 N–H and O–H groups in total. The lowest BCUT2D eigenvalue weighted by Gasteiger charge is -2.23. The number of esters is 1. The number of hydrogen-bond acceptors (Lipinski definition) is 4. The van der Waals surface area contributed by atoms with Gasteiger partial charge in [-0.3, -0.25) is 9.59 Å². The highest BCUT2D eigenvalue weighted by molar-refractivity contribution is 5.85. The average molecular weight is 435 g/mol. The van der Waals surface area contributed by atoms with Crippen molar-refractivity contribution in [1.29, 1.82) is 0 Å². The minimum Gasteiger partial charge on any atom is -0.464 e. The Morgan fingerprint density at radius 2 is 1.34 bits per heavy atom. The zero-order chi connectivity index (χ0) is 21.0. The largest absolute Gasteiger partial charge is 0.464 e. The van der Waals surface area contributed by atoms with Crippen LogP contribution >= 0.6 is 12.4 Å². The van der Waals surface area contributed by atoms with Crippen molar-refractivity contribution in [2.75, 3.05) is 26.7 Å². The van der Waals surface area contributed by atoms with Crippen LogP contribution in [0.5, 0.6) is 0 Å². The molecule has 29 heavy (non-hydrogen) atoms. The summed E-state index contributed by atoms with van der Waals surface area (Å²) >= 11 is 0. The molecule has 0 fully saturated rings. The second kappa shape index (κ2) is 21.9. The number of carbonyl (C=O) groups is 2. The molecule has 0 heterocycles. The Bertz CT molecular complexity index is 394. The molecule has 0 aliphatic carbocycles. The van der Waals surface area contributed by atoms with E-state index >= 15 is 0 Å². The molecule has 0 rings (SSSR count). The quantitative estimate of drug-likeness (QED) is 0.215. The first-order valence-electron chi connectivity index (χ1n) is 11.7. The van der Waals surface area contributed by atoms with Crippen molar-refractivity contribution >= 4 is 24.3 Å². The lowest BCUT2D eigenvalue weighted by molar-refractivity contribution is -0.150. The summed E-state index contributed by atoms with van der Waals surface area (Å²) in [6.07, 6.45) is 15.6. The summed E-state index contributed by atoms with van der Waals surface area (Å²) < 4.78 is 5.21. The summed E-state index contributed by atoms with van der Waals surface area (Å²) in [5.74, 6) is -0.181. The van der Waals surface area contributed by atoms with Crippen LogP contribution in [0, 0.1) is 5.92 Å². The number of ether oxygens (including phenoxy) is 1. The first-order chi connectivity index (χ1) is 13.6. The fourth-order valence-electron chi connectivity index (χ4n) is 3.44. The SMILES string of the molecule is CCCCCCCCC(CCCCCC)C(=O)N(C)CC(=O)OCCCCN.Cl. The third-order valence-corrected chi connectivity index (χ3v) is 5.27. The van der Waals surface area contributed by atoms with Gasteiger partial charge in [0.05, 0.1) is 6.61 Å². The molecule has 0 saturated heterocycles. The molecule has 1 unspecified atom stereocenters. The van der Waals surface area contributed by atoms with Gasteiger partial charge in [-0.2, -0.15) is 0 Å². The molecule has 0 aromatic rings. The standard InChI is InChI=1S/C23H46N2O3.ClH/c1-4-6-8-10-11-13-17-21(16-12-9-7-5-2)23(27)25(3)20-22(26)28-19-15-14-18-24;/h21H,4-20,24H2,1-3H3;1H. The fraction of sp³-hybridized carbons (Fsp3) is 0.913. The Morgan fingerprint density at radius 3 is 1.90 bits per heavy atom. The van der Waals surface area contributed by atoms with E-state index in [4.69, 9.17) is 10.5 Å². The van der Waals surface area contributed by atoms with E-state index in [0.717, 1.165) is 38.5 Å². The van der Waals surface area contributed by atoms with Crippen molar-refractivity contribution in [1.82, 2.24) is 4.90 Å². The predicted octanol–water partition coefficient (Wildman–Crippen LogP) is 5.49. The monoisotopic (exact) mass is 434 g/mol. The Kier molecular flexibility index (Phi) is 22.9. The van der Waals surface area contributed by atoms with Crippen LogP contribution in [0.15, 0.2) is 0 Å². The predicted molar refractivity (Wildman–Crippen MR) is 124 cm³/mol. The third-order valence-electron chi connectivity index (χ3n) is 5.27. The minimum absolute atomic E-state index is 0. The maximum absolute atomic E-state index is 12.9. The van der Waals surface area contributed by atoms with Crippen molar-refractivity contribution in [2.24, 2.45) is 11.7 Å². The number of halogens is 1. The second-order valence-corrected chi connectivity index (χ2v) is 8.01. The average Bonchev–Trinajstić information content (AvgIpc) is 2.68. The lowest BCUT2D eigenvalue weighted by Crippen LogP contribution is -2.37. The number of amides is 1. The molecule has 0 saturated carbocycles. The fourth-order valence-corrected chi connectivity index (χ4v) is 3.44. The number of hydrogen-bond donors (Lipinski definition) is 1. The molecule has 0 aromatic carbocycles. The summed E-state index contributed by atoms with van der Waals surface area (Å²) in [4.78, 5) is 26.4. The van der Waals surface area contributed by atoms with Crippen LogP contribution in [0.25, 0.3) is 0 Å². The smallest absolute Gasteiger partial charge is 0.325 e. The molecule has 0 radical (unpaired) electrons. The summed E-state index contributed by atoms with van der Waals surface area (Å²) in [5.41, 5.74) is 5.44. The minimum atomic E-state index is -0.322. The van der Waals surface area contributed by atoms with Gasteiger partial charge in [0, 0.05) is 13.0 Å². The molecule has 6 heteroatoms. The van der Waals surface area contributed by atoms with Crippen molar-refractivity contribution < 1.29 is 14.3 Å². The topological polar surface area (TPSA) is 72.6 Å². The van der Waals surface area contributed by atoms with E-state index in [9.17, 15) is 9.59 Å². The second-order valence-electron chi connectivity index (χ2n) is 8.01. The number of unbranched alkanes of at least 4 members (excludes halogenated alkanes) is 9.